The summed E-state index contributed by atoms with van der Waals surface area (Å²) < 4.78 is 12.5. The van der Waals surface area contributed by atoms with Crippen molar-refractivity contribution in [1.82, 2.24) is 0 Å². The van der Waals surface area contributed by atoms with Gasteiger partial charge in [-0.1, -0.05) is 0 Å². The van der Waals surface area contributed by atoms with E-state index in [1.165, 1.54) is 12.1 Å². The molecule has 0 saturated heterocycles. The molecule has 2 nitrogen and oxygen atoms in total. The van der Waals surface area contributed by atoms with E-state index in [0.717, 1.165) is 5.69 Å². The third-order valence-corrected chi connectivity index (χ3v) is 1.88. The zero-order valence-corrected chi connectivity index (χ0v) is 8.34. The van der Waals surface area contributed by atoms with Crippen molar-refractivity contribution in [3.05, 3.63) is 30.1 Å². The standard InChI is InChI=1S/C11H13FN2/c1-11(2,7-13)8-14-10-5-3-9(12)4-6-10/h3-6,14H,8H2,1-2H3. The van der Waals surface area contributed by atoms with E-state index in [2.05, 4.69) is 11.4 Å². The number of benzene rings is 1. The van der Waals surface area contributed by atoms with Gasteiger partial charge in [-0.15, -0.1) is 0 Å². The van der Waals surface area contributed by atoms with Crippen LogP contribution in [-0.2, 0) is 0 Å². The maximum absolute atomic E-state index is 12.5. The van der Waals surface area contributed by atoms with Crippen molar-refractivity contribution in [2.24, 2.45) is 5.41 Å². The summed E-state index contributed by atoms with van der Waals surface area (Å²) in [5, 5.41) is 11.8. The van der Waals surface area contributed by atoms with Crippen LogP contribution in [0.1, 0.15) is 13.8 Å². The summed E-state index contributed by atoms with van der Waals surface area (Å²) in [6.45, 7) is 4.25. The van der Waals surface area contributed by atoms with Crippen LogP contribution in [0.25, 0.3) is 0 Å². The number of nitriles is 1. The highest BCUT2D eigenvalue weighted by Crippen LogP contribution is 2.15. The molecular formula is C11H13FN2. The molecule has 1 N–H and O–H groups in total. The summed E-state index contributed by atoms with van der Waals surface area (Å²) in [5.41, 5.74) is 0.420. The normalized spacial score (nSPS) is 10.7. The SMILES string of the molecule is CC(C)(C#N)CNc1ccc(F)cc1. The van der Waals surface area contributed by atoms with E-state index in [4.69, 9.17) is 5.26 Å². The Balaban J connectivity index is 2.55. The molecule has 0 saturated carbocycles. The second-order valence-electron chi connectivity index (χ2n) is 3.86. The van der Waals surface area contributed by atoms with Crippen LogP contribution < -0.4 is 5.32 Å². The van der Waals surface area contributed by atoms with Crippen molar-refractivity contribution in [2.45, 2.75) is 13.8 Å². The minimum Gasteiger partial charge on any atom is -0.383 e. The van der Waals surface area contributed by atoms with Crippen LogP contribution in [0.5, 0.6) is 0 Å². The Morgan fingerprint density at radius 3 is 2.43 bits per heavy atom. The van der Waals surface area contributed by atoms with Crippen LogP contribution >= 0.6 is 0 Å². The van der Waals surface area contributed by atoms with Crippen molar-refractivity contribution in [3.63, 3.8) is 0 Å². The summed E-state index contributed by atoms with van der Waals surface area (Å²) in [6.07, 6.45) is 0. The summed E-state index contributed by atoms with van der Waals surface area (Å²) in [6, 6.07) is 8.28. The molecule has 74 valence electrons. The summed E-state index contributed by atoms with van der Waals surface area (Å²) in [4.78, 5) is 0. The van der Waals surface area contributed by atoms with Gasteiger partial charge in [0, 0.05) is 12.2 Å². The molecule has 0 heterocycles. The predicted molar refractivity (Wildman–Crippen MR) is 54.3 cm³/mol. The molecule has 1 rings (SSSR count). The quantitative estimate of drug-likeness (QED) is 0.799. The van der Waals surface area contributed by atoms with Crippen LogP contribution in [0.3, 0.4) is 0 Å². The van der Waals surface area contributed by atoms with Crippen molar-refractivity contribution in [1.29, 1.82) is 5.26 Å². The minimum absolute atomic E-state index is 0.255. The number of nitrogens with zero attached hydrogens (tertiary/aromatic N) is 1. The van der Waals surface area contributed by atoms with Gasteiger partial charge in [0.15, 0.2) is 0 Å². The van der Waals surface area contributed by atoms with Crippen molar-refractivity contribution in [2.75, 3.05) is 11.9 Å². The molecule has 1 aromatic rings. The zero-order valence-electron chi connectivity index (χ0n) is 8.34. The summed E-state index contributed by atoms with van der Waals surface area (Å²) >= 11 is 0. The fourth-order valence-electron chi connectivity index (χ4n) is 0.930. The Morgan fingerprint density at radius 2 is 1.93 bits per heavy atom. The molecule has 0 fully saturated rings. The van der Waals surface area contributed by atoms with Gasteiger partial charge in [0.2, 0.25) is 0 Å². The van der Waals surface area contributed by atoms with E-state index in [1.807, 2.05) is 13.8 Å². The van der Waals surface area contributed by atoms with Gasteiger partial charge in [0.05, 0.1) is 11.5 Å². The lowest BCUT2D eigenvalue weighted by Crippen LogP contribution is -2.20. The fourth-order valence-corrected chi connectivity index (χ4v) is 0.930. The van der Waals surface area contributed by atoms with Crippen LogP contribution in [0.15, 0.2) is 24.3 Å². The Kier molecular flexibility index (Phi) is 3.08. The highest BCUT2D eigenvalue weighted by Gasteiger charge is 2.15. The molecule has 0 aliphatic heterocycles. The maximum Gasteiger partial charge on any atom is 0.123 e. The summed E-state index contributed by atoms with van der Waals surface area (Å²) in [7, 11) is 0. The second kappa shape index (κ2) is 4.10. The molecule has 0 unspecified atom stereocenters. The fraction of sp³-hybridized carbons (Fsp3) is 0.364. The highest BCUT2D eigenvalue weighted by molar-refractivity contribution is 5.43. The highest BCUT2D eigenvalue weighted by atomic mass is 19.1. The van der Waals surface area contributed by atoms with Crippen LogP contribution in [0.2, 0.25) is 0 Å². The van der Waals surface area contributed by atoms with Crippen LogP contribution in [-0.4, -0.2) is 6.54 Å². The first-order chi connectivity index (χ1) is 6.53. The van der Waals surface area contributed by atoms with Gasteiger partial charge in [-0.3, -0.25) is 0 Å². The smallest absolute Gasteiger partial charge is 0.123 e. The number of hydrogen-bond donors (Lipinski definition) is 1. The first-order valence-corrected chi connectivity index (χ1v) is 4.44. The first-order valence-electron chi connectivity index (χ1n) is 4.44. The van der Waals surface area contributed by atoms with Gasteiger partial charge in [0.25, 0.3) is 0 Å². The average Bonchev–Trinajstić information content (AvgIpc) is 2.17. The molecule has 0 atom stereocenters. The second-order valence-corrected chi connectivity index (χ2v) is 3.86. The molecule has 3 heteroatoms. The summed E-state index contributed by atoms with van der Waals surface area (Å²) in [5.74, 6) is -0.255. The molecule has 0 aliphatic carbocycles. The topological polar surface area (TPSA) is 35.8 Å². The van der Waals surface area contributed by atoms with Gasteiger partial charge in [-0.05, 0) is 38.1 Å². The Labute approximate surface area is 83.4 Å². The van der Waals surface area contributed by atoms with Crippen molar-refractivity contribution >= 4 is 5.69 Å². The van der Waals surface area contributed by atoms with Gasteiger partial charge < -0.3 is 5.32 Å². The molecule has 0 bridgehead atoms. The molecule has 14 heavy (non-hydrogen) atoms. The lowest BCUT2D eigenvalue weighted by atomic mass is 9.96. The van der Waals surface area contributed by atoms with Crippen molar-refractivity contribution in [3.8, 4) is 6.07 Å². The zero-order chi connectivity index (χ0) is 10.6. The lowest BCUT2D eigenvalue weighted by Gasteiger charge is -2.16. The molecule has 0 spiro atoms. The van der Waals surface area contributed by atoms with Crippen LogP contribution in [0, 0.1) is 22.6 Å². The average molecular weight is 192 g/mol. The monoisotopic (exact) mass is 192 g/mol. The van der Waals surface area contributed by atoms with E-state index in [0.29, 0.717) is 6.54 Å². The predicted octanol–water partition coefficient (Wildman–Crippen LogP) is 2.79. The van der Waals surface area contributed by atoms with E-state index < -0.39 is 5.41 Å². The molecule has 0 amide bonds. The van der Waals surface area contributed by atoms with E-state index in [-0.39, 0.29) is 5.82 Å². The van der Waals surface area contributed by atoms with Gasteiger partial charge in [-0.25, -0.2) is 4.39 Å². The number of rotatable bonds is 3. The third-order valence-electron chi connectivity index (χ3n) is 1.88. The molecule has 0 aliphatic rings. The number of halogens is 1. The first kappa shape index (κ1) is 10.5. The van der Waals surface area contributed by atoms with Gasteiger partial charge in [0.1, 0.15) is 5.82 Å². The number of nitrogens with one attached hydrogen (secondary N) is 1. The number of anilines is 1. The van der Waals surface area contributed by atoms with Crippen molar-refractivity contribution < 1.29 is 4.39 Å². The lowest BCUT2D eigenvalue weighted by molar-refractivity contribution is 0.529. The molecule has 0 aromatic heterocycles. The van der Waals surface area contributed by atoms with Gasteiger partial charge in [-0.2, -0.15) is 5.26 Å². The van der Waals surface area contributed by atoms with E-state index in [9.17, 15) is 4.39 Å². The Bertz CT molecular complexity index is 335. The number of hydrogen-bond acceptors (Lipinski definition) is 2. The van der Waals surface area contributed by atoms with E-state index in [1.54, 1.807) is 12.1 Å². The maximum atomic E-state index is 12.5. The molecule has 1 aromatic carbocycles. The Morgan fingerprint density at radius 1 is 1.36 bits per heavy atom. The Hall–Kier alpha value is -1.56. The van der Waals surface area contributed by atoms with Gasteiger partial charge >= 0.3 is 0 Å². The molecular weight excluding hydrogens is 179 g/mol. The van der Waals surface area contributed by atoms with E-state index >= 15 is 0 Å². The van der Waals surface area contributed by atoms with Crippen LogP contribution in [0.4, 0.5) is 10.1 Å². The third kappa shape index (κ3) is 3.06. The molecule has 0 radical (unpaired) electrons. The minimum atomic E-state index is -0.408. The largest absolute Gasteiger partial charge is 0.383 e.